The van der Waals surface area contributed by atoms with E-state index in [0.29, 0.717) is 26.8 Å². The summed E-state index contributed by atoms with van der Waals surface area (Å²) in [5, 5.41) is 0.793. The van der Waals surface area contributed by atoms with Crippen LogP contribution in [0.25, 0.3) is 10.9 Å². The highest BCUT2D eigenvalue weighted by Gasteiger charge is 2.26. The summed E-state index contributed by atoms with van der Waals surface area (Å²) >= 11 is 7.38. The summed E-state index contributed by atoms with van der Waals surface area (Å²) in [5.74, 6) is 0.524. The molecule has 4 rings (SSSR count). The lowest BCUT2D eigenvalue weighted by atomic mass is 10.1. The standard InChI is InChI=1S/C23H20ClN3O3S/c1-26(2)22(29)20(15-7-4-3-5-8-15)31-23-25-19-13-16(24)10-11-18(19)21(28)27(23)14-17-9-6-12-30-17/h3-13,20H,14H2,1-2H3. The van der Waals surface area contributed by atoms with Crippen LogP contribution in [0.2, 0.25) is 5.02 Å². The van der Waals surface area contributed by atoms with Crippen molar-refractivity contribution in [1.29, 1.82) is 0 Å². The maximum absolute atomic E-state index is 13.3. The van der Waals surface area contributed by atoms with Crippen LogP contribution in [0.5, 0.6) is 0 Å². The van der Waals surface area contributed by atoms with Gasteiger partial charge in [0, 0.05) is 19.1 Å². The Morgan fingerprint density at radius 2 is 1.94 bits per heavy atom. The van der Waals surface area contributed by atoms with Gasteiger partial charge < -0.3 is 9.32 Å². The molecule has 0 saturated heterocycles. The lowest BCUT2D eigenvalue weighted by Gasteiger charge is -2.22. The first kappa shape index (κ1) is 21.2. The molecular weight excluding hydrogens is 434 g/mol. The fraction of sp³-hybridized carbons (Fsp3) is 0.174. The minimum atomic E-state index is -0.567. The minimum Gasteiger partial charge on any atom is -0.467 e. The fourth-order valence-corrected chi connectivity index (χ4v) is 4.60. The highest BCUT2D eigenvalue weighted by atomic mass is 35.5. The number of hydrogen-bond donors (Lipinski definition) is 0. The lowest BCUT2D eigenvalue weighted by molar-refractivity contribution is -0.128. The second-order valence-electron chi connectivity index (χ2n) is 7.17. The predicted molar refractivity (Wildman–Crippen MR) is 123 cm³/mol. The first-order chi connectivity index (χ1) is 14.9. The summed E-state index contributed by atoms with van der Waals surface area (Å²) < 4.78 is 7.00. The Kier molecular flexibility index (Phi) is 6.15. The highest BCUT2D eigenvalue weighted by Crippen LogP contribution is 2.36. The summed E-state index contributed by atoms with van der Waals surface area (Å²) in [4.78, 5) is 32.6. The van der Waals surface area contributed by atoms with E-state index in [1.807, 2.05) is 30.3 Å². The zero-order valence-corrected chi connectivity index (χ0v) is 18.6. The van der Waals surface area contributed by atoms with Crippen LogP contribution in [0, 0.1) is 0 Å². The maximum atomic E-state index is 13.3. The van der Waals surface area contributed by atoms with Crippen LogP contribution in [-0.4, -0.2) is 34.5 Å². The summed E-state index contributed by atoms with van der Waals surface area (Å²) in [5.41, 5.74) is 1.10. The van der Waals surface area contributed by atoms with Gasteiger partial charge in [0.1, 0.15) is 11.0 Å². The summed E-state index contributed by atoms with van der Waals surface area (Å²) in [6, 6.07) is 18.0. The van der Waals surface area contributed by atoms with Crippen molar-refractivity contribution in [2.45, 2.75) is 17.0 Å². The van der Waals surface area contributed by atoms with Crippen molar-refractivity contribution in [3.05, 3.63) is 93.6 Å². The molecule has 1 atom stereocenters. The second-order valence-corrected chi connectivity index (χ2v) is 8.68. The van der Waals surface area contributed by atoms with Gasteiger partial charge in [-0.2, -0.15) is 0 Å². The van der Waals surface area contributed by atoms with Crippen molar-refractivity contribution in [1.82, 2.24) is 14.5 Å². The molecule has 0 aliphatic carbocycles. The molecule has 0 aliphatic heterocycles. The zero-order valence-electron chi connectivity index (χ0n) is 17.0. The number of amides is 1. The van der Waals surface area contributed by atoms with E-state index < -0.39 is 5.25 Å². The minimum absolute atomic E-state index is 0.0961. The summed E-state index contributed by atoms with van der Waals surface area (Å²) in [6.07, 6.45) is 1.56. The Hall–Kier alpha value is -3.03. The molecule has 1 unspecified atom stereocenters. The zero-order chi connectivity index (χ0) is 22.0. The molecule has 0 radical (unpaired) electrons. The number of likely N-dealkylation sites (N-methyl/N-ethyl adjacent to an activating group) is 1. The summed E-state index contributed by atoms with van der Waals surface area (Å²) in [7, 11) is 3.42. The maximum Gasteiger partial charge on any atom is 0.262 e. The molecule has 1 amide bonds. The van der Waals surface area contributed by atoms with Crippen molar-refractivity contribution in [3.63, 3.8) is 0 Å². The van der Waals surface area contributed by atoms with E-state index in [-0.39, 0.29) is 18.0 Å². The van der Waals surface area contributed by atoms with Gasteiger partial charge in [-0.25, -0.2) is 4.98 Å². The van der Waals surface area contributed by atoms with Crippen molar-refractivity contribution in [2.75, 3.05) is 14.1 Å². The fourth-order valence-electron chi connectivity index (χ4n) is 3.19. The average molecular weight is 454 g/mol. The number of nitrogens with zero attached hydrogens (tertiary/aromatic N) is 3. The molecule has 0 aliphatic rings. The number of aromatic nitrogens is 2. The van der Waals surface area contributed by atoms with Gasteiger partial charge in [0.05, 0.1) is 23.7 Å². The van der Waals surface area contributed by atoms with E-state index in [0.717, 1.165) is 5.56 Å². The topological polar surface area (TPSA) is 68.3 Å². The number of halogens is 1. The number of carbonyl (C=O) groups is 1. The molecule has 2 aromatic heterocycles. The van der Waals surface area contributed by atoms with Gasteiger partial charge in [0.15, 0.2) is 5.16 Å². The molecular formula is C23H20ClN3O3S. The Bertz CT molecular complexity index is 1270. The Balaban J connectivity index is 1.87. The van der Waals surface area contributed by atoms with Crippen LogP contribution < -0.4 is 5.56 Å². The van der Waals surface area contributed by atoms with Gasteiger partial charge in [0.25, 0.3) is 5.56 Å². The first-order valence-corrected chi connectivity index (χ1v) is 10.8. The molecule has 4 aromatic rings. The Morgan fingerprint density at radius 3 is 2.61 bits per heavy atom. The monoisotopic (exact) mass is 453 g/mol. The molecule has 158 valence electrons. The third-order valence-electron chi connectivity index (χ3n) is 4.77. The molecule has 0 fully saturated rings. The van der Waals surface area contributed by atoms with Crippen LogP contribution in [0.15, 0.2) is 81.3 Å². The van der Waals surface area contributed by atoms with Crippen LogP contribution in [0.4, 0.5) is 0 Å². The molecule has 0 N–H and O–H groups in total. The van der Waals surface area contributed by atoms with Crippen LogP contribution >= 0.6 is 23.4 Å². The van der Waals surface area contributed by atoms with Crippen LogP contribution in [0.1, 0.15) is 16.6 Å². The molecule has 0 saturated carbocycles. The van der Waals surface area contributed by atoms with Gasteiger partial charge in [-0.3, -0.25) is 14.2 Å². The number of rotatable bonds is 6. The third-order valence-corrected chi connectivity index (χ3v) is 6.23. The van der Waals surface area contributed by atoms with E-state index in [2.05, 4.69) is 0 Å². The molecule has 2 heterocycles. The van der Waals surface area contributed by atoms with Crippen molar-refractivity contribution < 1.29 is 9.21 Å². The number of hydrogen-bond acceptors (Lipinski definition) is 5. The number of carbonyl (C=O) groups excluding carboxylic acids is 1. The van der Waals surface area contributed by atoms with Gasteiger partial charge in [-0.1, -0.05) is 53.7 Å². The van der Waals surface area contributed by atoms with Crippen LogP contribution in [-0.2, 0) is 11.3 Å². The predicted octanol–water partition coefficient (Wildman–Crippen LogP) is 4.61. The lowest BCUT2D eigenvalue weighted by Crippen LogP contribution is -2.28. The van der Waals surface area contributed by atoms with Crippen molar-refractivity contribution in [3.8, 4) is 0 Å². The molecule has 2 aromatic carbocycles. The molecule has 6 nitrogen and oxygen atoms in total. The smallest absolute Gasteiger partial charge is 0.262 e. The number of benzene rings is 2. The van der Waals surface area contributed by atoms with Gasteiger partial charge >= 0.3 is 0 Å². The van der Waals surface area contributed by atoms with Crippen molar-refractivity contribution in [2.24, 2.45) is 0 Å². The number of furan rings is 1. The number of fused-ring (bicyclic) bond motifs is 1. The quantitative estimate of drug-likeness (QED) is 0.315. The second kappa shape index (κ2) is 8.99. The van der Waals surface area contributed by atoms with Crippen LogP contribution in [0.3, 0.4) is 0 Å². The Morgan fingerprint density at radius 1 is 1.16 bits per heavy atom. The normalized spacial score (nSPS) is 12.1. The largest absolute Gasteiger partial charge is 0.467 e. The van der Waals surface area contributed by atoms with Gasteiger partial charge in [0.2, 0.25) is 5.91 Å². The van der Waals surface area contributed by atoms with E-state index in [1.165, 1.54) is 16.7 Å². The summed E-state index contributed by atoms with van der Waals surface area (Å²) in [6.45, 7) is 0.206. The van der Waals surface area contributed by atoms with E-state index >= 15 is 0 Å². The van der Waals surface area contributed by atoms with E-state index in [9.17, 15) is 9.59 Å². The highest BCUT2D eigenvalue weighted by molar-refractivity contribution is 8.00. The van der Waals surface area contributed by atoms with E-state index in [4.69, 9.17) is 21.0 Å². The molecule has 0 bridgehead atoms. The third kappa shape index (κ3) is 4.52. The number of thioether (sulfide) groups is 1. The van der Waals surface area contributed by atoms with Gasteiger partial charge in [-0.15, -0.1) is 0 Å². The van der Waals surface area contributed by atoms with E-state index in [1.54, 1.807) is 55.3 Å². The first-order valence-electron chi connectivity index (χ1n) is 9.59. The Labute approximate surface area is 188 Å². The molecule has 0 spiro atoms. The van der Waals surface area contributed by atoms with Gasteiger partial charge in [-0.05, 0) is 35.9 Å². The average Bonchev–Trinajstić information content (AvgIpc) is 3.27. The molecule has 8 heteroatoms. The SMILES string of the molecule is CN(C)C(=O)C(Sc1nc2cc(Cl)ccc2c(=O)n1Cc1ccco1)c1ccccc1. The molecule has 31 heavy (non-hydrogen) atoms. The van der Waals surface area contributed by atoms with Crippen molar-refractivity contribution >= 4 is 40.2 Å².